The van der Waals surface area contributed by atoms with Gasteiger partial charge in [0.1, 0.15) is 4.88 Å². The molecular weight excluding hydrogens is 234 g/mol. The zero-order valence-electron chi connectivity index (χ0n) is 10.3. The molecule has 1 saturated heterocycles. The molecule has 5 heteroatoms. The van der Waals surface area contributed by atoms with Gasteiger partial charge in [-0.15, -0.1) is 11.3 Å². The van der Waals surface area contributed by atoms with Gasteiger partial charge in [0.15, 0.2) is 0 Å². The molecule has 2 heterocycles. The third-order valence-corrected chi connectivity index (χ3v) is 4.15. The van der Waals surface area contributed by atoms with E-state index >= 15 is 0 Å². The maximum atomic E-state index is 12.4. The van der Waals surface area contributed by atoms with Crippen molar-refractivity contribution in [1.29, 1.82) is 0 Å². The van der Waals surface area contributed by atoms with Crippen LogP contribution in [0.5, 0.6) is 0 Å². The third-order valence-electron chi connectivity index (χ3n) is 3.25. The molecular formula is C12H19N3OS. The van der Waals surface area contributed by atoms with Gasteiger partial charge in [-0.25, -0.2) is 4.98 Å². The van der Waals surface area contributed by atoms with Crippen LogP contribution in [0.3, 0.4) is 0 Å². The van der Waals surface area contributed by atoms with Gasteiger partial charge in [0.05, 0.1) is 11.2 Å². The summed E-state index contributed by atoms with van der Waals surface area (Å²) in [5.41, 5.74) is 5.97. The second kappa shape index (κ2) is 5.14. The van der Waals surface area contributed by atoms with Crippen LogP contribution in [0.25, 0.3) is 0 Å². The van der Waals surface area contributed by atoms with Crippen molar-refractivity contribution in [3.05, 3.63) is 16.1 Å². The number of rotatable bonds is 2. The van der Waals surface area contributed by atoms with E-state index in [1.165, 1.54) is 11.3 Å². The van der Waals surface area contributed by atoms with Crippen molar-refractivity contribution >= 4 is 17.2 Å². The predicted octanol–water partition coefficient (Wildman–Crippen LogP) is 1.79. The number of carbonyl (C=O) groups excluding carboxylic acids is 1. The van der Waals surface area contributed by atoms with E-state index in [2.05, 4.69) is 4.98 Å². The van der Waals surface area contributed by atoms with E-state index in [9.17, 15) is 4.79 Å². The molecule has 17 heavy (non-hydrogen) atoms. The zero-order chi connectivity index (χ0) is 12.4. The summed E-state index contributed by atoms with van der Waals surface area (Å²) in [6.45, 7) is 4.72. The lowest BCUT2D eigenvalue weighted by Crippen LogP contribution is -2.51. The molecule has 1 aromatic rings. The summed E-state index contributed by atoms with van der Waals surface area (Å²) in [6.07, 6.45) is 4.93. The Bertz CT molecular complexity index is 402. The summed E-state index contributed by atoms with van der Waals surface area (Å²) in [5.74, 6) is 0.0950. The minimum Gasteiger partial charge on any atom is -0.333 e. The summed E-state index contributed by atoms with van der Waals surface area (Å²) >= 11 is 1.46. The Morgan fingerprint density at radius 1 is 1.65 bits per heavy atom. The van der Waals surface area contributed by atoms with E-state index < -0.39 is 0 Å². The largest absolute Gasteiger partial charge is 0.333 e. The van der Waals surface area contributed by atoms with Crippen LogP contribution in [-0.4, -0.2) is 34.4 Å². The van der Waals surface area contributed by atoms with Crippen LogP contribution >= 0.6 is 11.3 Å². The Morgan fingerprint density at radius 3 is 3.00 bits per heavy atom. The Morgan fingerprint density at radius 2 is 2.41 bits per heavy atom. The standard InChI is InChI=1S/C12H19N3OS/c1-8(13)10-5-3-4-6-15(10)12(16)11-7-14-9(2)17-11/h7-8,10H,3-6,13H2,1-2H3/t8-,10-/m1/s1. The minimum absolute atomic E-state index is 0.0354. The molecule has 0 radical (unpaired) electrons. The van der Waals surface area contributed by atoms with Gasteiger partial charge in [0.2, 0.25) is 0 Å². The van der Waals surface area contributed by atoms with Gasteiger partial charge in [-0.3, -0.25) is 4.79 Å². The average Bonchev–Trinajstić information content (AvgIpc) is 2.75. The number of aryl methyl sites for hydroxylation is 1. The maximum absolute atomic E-state index is 12.4. The highest BCUT2D eigenvalue weighted by Gasteiger charge is 2.30. The first-order chi connectivity index (χ1) is 8.09. The number of hydrogen-bond donors (Lipinski definition) is 1. The first-order valence-electron chi connectivity index (χ1n) is 6.08. The molecule has 0 spiro atoms. The fourth-order valence-corrected chi connectivity index (χ4v) is 3.09. The van der Waals surface area contributed by atoms with Crippen LogP contribution in [0.2, 0.25) is 0 Å². The fourth-order valence-electron chi connectivity index (χ4n) is 2.36. The summed E-state index contributed by atoms with van der Waals surface area (Å²) in [4.78, 5) is 19.2. The first-order valence-corrected chi connectivity index (χ1v) is 6.90. The highest BCUT2D eigenvalue weighted by Crippen LogP contribution is 2.23. The molecule has 2 N–H and O–H groups in total. The highest BCUT2D eigenvalue weighted by atomic mass is 32.1. The molecule has 1 amide bonds. The number of nitrogens with zero attached hydrogens (tertiary/aromatic N) is 2. The molecule has 0 aliphatic carbocycles. The molecule has 1 aromatic heterocycles. The SMILES string of the molecule is Cc1ncc(C(=O)N2CCCC[C@@H]2[C@@H](C)N)s1. The lowest BCUT2D eigenvalue weighted by Gasteiger charge is -2.37. The summed E-state index contributed by atoms with van der Waals surface area (Å²) < 4.78 is 0. The summed E-state index contributed by atoms with van der Waals surface area (Å²) in [7, 11) is 0. The zero-order valence-corrected chi connectivity index (χ0v) is 11.2. The minimum atomic E-state index is 0.0354. The van der Waals surface area contributed by atoms with Crippen molar-refractivity contribution in [2.45, 2.75) is 45.2 Å². The summed E-state index contributed by atoms with van der Waals surface area (Å²) in [6, 6.07) is 0.215. The topological polar surface area (TPSA) is 59.2 Å². The van der Waals surface area contributed by atoms with E-state index in [0.717, 1.165) is 35.7 Å². The van der Waals surface area contributed by atoms with Crippen LogP contribution < -0.4 is 5.73 Å². The average molecular weight is 253 g/mol. The van der Waals surface area contributed by atoms with Gasteiger partial charge < -0.3 is 10.6 Å². The van der Waals surface area contributed by atoms with Crippen LogP contribution in [-0.2, 0) is 0 Å². The second-order valence-electron chi connectivity index (χ2n) is 4.66. The van der Waals surface area contributed by atoms with Gasteiger partial charge in [0.25, 0.3) is 5.91 Å². The summed E-state index contributed by atoms with van der Waals surface area (Å²) in [5, 5.41) is 0.933. The van der Waals surface area contributed by atoms with Gasteiger partial charge in [-0.2, -0.15) is 0 Å². The fraction of sp³-hybridized carbons (Fsp3) is 0.667. The number of carbonyl (C=O) groups is 1. The van der Waals surface area contributed by atoms with E-state index in [1.54, 1.807) is 6.20 Å². The quantitative estimate of drug-likeness (QED) is 0.874. The maximum Gasteiger partial charge on any atom is 0.265 e. The van der Waals surface area contributed by atoms with Crippen molar-refractivity contribution in [3.8, 4) is 0 Å². The molecule has 94 valence electrons. The molecule has 0 bridgehead atoms. The molecule has 0 saturated carbocycles. The van der Waals surface area contributed by atoms with Crippen molar-refractivity contribution in [2.24, 2.45) is 5.73 Å². The Kier molecular flexibility index (Phi) is 3.79. The normalized spacial score (nSPS) is 22.5. The Hall–Kier alpha value is -0.940. The van der Waals surface area contributed by atoms with Gasteiger partial charge in [-0.05, 0) is 33.1 Å². The Labute approximate surface area is 106 Å². The van der Waals surface area contributed by atoms with Crippen molar-refractivity contribution in [3.63, 3.8) is 0 Å². The van der Waals surface area contributed by atoms with Crippen molar-refractivity contribution in [1.82, 2.24) is 9.88 Å². The molecule has 0 aromatic carbocycles. The number of amides is 1. The molecule has 1 aliphatic heterocycles. The lowest BCUT2D eigenvalue weighted by atomic mass is 9.97. The molecule has 1 aliphatic rings. The molecule has 2 atom stereocenters. The van der Waals surface area contributed by atoms with E-state index in [0.29, 0.717) is 0 Å². The second-order valence-corrected chi connectivity index (χ2v) is 5.90. The van der Waals surface area contributed by atoms with Gasteiger partial charge in [0, 0.05) is 18.6 Å². The number of nitrogens with two attached hydrogens (primary N) is 1. The van der Waals surface area contributed by atoms with E-state index in [4.69, 9.17) is 5.73 Å². The van der Waals surface area contributed by atoms with Gasteiger partial charge >= 0.3 is 0 Å². The number of piperidine rings is 1. The third kappa shape index (κ3) is 2.66. The Balaban J connectivity index is 2.16. The molecule has 4 nitrogen and oxygen atoms in total. The molecule has 0 unspecified atom stereocenters. The van der Waals surface area contributed by atoms with Crippen molar-refractivity contribution in [2.75, 3.05) is 6.54 Å². The van der Waals surface area contributed by atoms with Crippen LogP contribution in [0.4, 0.5) is 0 Å². The number of thiazole rings is 1. The highest BCUT2D eigenvalue weighted by molar-refractivity contribution is 7.13. The van der Waals surface area contributed by atoms with Crippen LogP contribution in [0.1, 0.15) is 40.9 Å². The van der Waals surface area contributed by atoms with E-state index in [-0.39, 0.29) is 18.0 Å². The monoisotopic (exact) mass is 253 g/mol. The van der Waals surface area contributed by atoms with E-state index in [1.807, 2.05) is 18.7 Å². The van der Waals surface area contributed by atoms with Gasteiger partial charge in [-0.1, -0.05) is 0 Å². The van der Waals surface area contributed by atoms with Crippen LogP contribution in [0.15, 0.2) is 6.20 Å². The number of likely N-dealkylation sites (tertiary alicyclic amines) is 1. The smallest absolute Gasteiger partial charge is 0.265 e. The predicted molar refractivity (Wildman–Crippen MR) is 69.2 cm³/mol. The number of aromatic nitrogens is 1. The van der Waals surface area contributed by atoms with Crippen molar-refractivity contribution < 1.29 is 4.79 Å². The molecule has 2 rings (SSSR count). The van der Waals surface area contributed by atoms with Crippen LogP contribution in [0, 0.1) is 6.92 Å². The molecule has 1 fully saturated rings. The number of hydrogen-bond acceptors (Lipinski definition) is 4. The lowest BCUT2D eigenvalue weighted by molar-refractivity contribution is 0.0588. The first kappa shape index (κ1) is 12.5.